The molecule has 160 valence electrons. The Morgan fingerprint density at radius 2 is 1.77 bits per heavy atom. The van der Waals surface area contributed by atoms with Gasteiger partial charge in [-0.2, -0.15) is 0 Å². The van der Waals surface area contributed by atoms with Crippen LogP contribution in [0.25, 0.3) is 6.08 Å². The van der Waals surface area contributed by atoms with Crippen LogP contribution in [0, 0.1) is 5.92 Å². The molecule has 30 heavy (non-hydrogen) atoms. The van der Waals surface area contributed by atoms with Crippen molar-refractivity contribution in [3.8, 4) is 5.75 Å². The molecule has 0 aliphatic heterocycles. The lowest BCUT2D eigenvalue weighted by Gasteiger charge is -2.12. The summed E-state index contributed by atoms with van der Waals surface area (Å²) in [4.78, 5) is 26.2. The van der Waals surface area contributed by atoms with Crippen LogP contribution in [0.5, 0.6) is 5.75 Å². The van der Waals surface area contributed by atoms with Crippen molar-refractivity contribution < 1.29 is 19.4 Å². The summed E-state index contributed by atoms with van der Waals surface area (Å²) in [5.74, 6) is 0.216. The van der Waals surface area contributed by atoms with Crippen LogP contribution in [0.2, 0.25) is 0 Å². The van der Waals surface area contributed by atoms with Crippen LogP contribution in [0.1, 0.15) is 29.8 Å². The number of carbonyl (C=O) groups is 2. The maximum Gasteiger partial charge on any atom is 0.267 e. The minimum absolute atomic E-state index is 0.0966. The van der Waals surface area contributed by atoms with E-state index < -0.39 is 11.8 Å². The molecular weight excluding hydrogens is 400 g/mol. The first-order valence-corrected chi connectivity index (χ1v) is 10.9. The normalized spacial score (nSPS) is 11.3. The SMILES string of the molecule is CSc1ccc(C=C(NC(=O)c2ccc(OCC(C)C)cc2)C(=O)NCCO)cc1. The predicted octanol–water partition coefficient (Wildman–Crippen LogP) is 3.32. The van der Waals surface area contributed by atoms with Gasteiger partial charge in [0.2, 0.25) is 0 Å². The van der Waals surface area contributed by atoms with Gasteiger partial charge in [-0.15, -0.1) is 11.8 Å². The summed E-state index contributed by atoms with van der Waals surface area (Å²) in [6.07, 6.45) is 3.59. The fourth-order valence-corrected chi connectivity index (χ4v) is 2.86. The molecule has 0 aliphatic rings. The lowest BCUT2D eigenvalue weighted by molar-refractivity contribution is -0.117. The van der Waals surface area contributed by atoms with E-state index in [4.69, 9.17) is 9.84 Å². The van der Waals surface area contributed by atoms with Gasteiger partial charge in [0, 0.05) is 17.0 Å². The van der Waals surface area contributed by atoms with Gasteiger partial charge in [-0.3, -0.25) is 9.59 Å². The molecule has 0 atom stereocenters. The quantitative estimate of drug-likeness (QED) is 0.399. The smallest absolute Gasteiger partial charge is 0.267 e. The predicted molar refractivity (Wildman–Crippen MR) is 121 cm³/mol. The second kappa shape index (κ2) is 12.0. The average molecular weight is 429 g/mol. The summed E-state index contributed by atoms with van der Waals surface area (Å²) in [6.45, 7) is 4.63. The number of benzene rings is 2. The van der Waals surface area contributed by atoms with Crippen molar-refractivity contribution >= 4 is 29.7 Å². The highest BCUT2D eigenvalue weighted by molar-refractivity contribution is 7.98. The van der Waals surface area contributed by atoms with Crippen LogP contribution < -0.4 is 15.4 Å². The molecule has 2 amide bonds. The van der Waals surface area contributed by atoms with Gasteiger partial charge in [-0.25, -0.2) is 0 Å². The van der Waals surface area contributed by atoms with E-state index >= 15 is 0 Å². The fourth-order valence-electron chi connectivity index (χ4n) is 2.45. The number of aliphatic hydroxyl groups is 1. The number of aliphatic hydroxyl groups excluding tert-OH is 1. The Morgan fingerprint density at radius 3 is 2.33 bits per heavy atom. The molecule has 0 bridgehead atoms. The number of thioether (sulfide) groups is 1. The van der Waals surface area contributed by atoms with E-state index in [1.54, 1.807) is 42.1 Å². The summed E-state index contributed by atoms with van der Waals surface area (Å²) in [5, 5.41) is 14.2. The van der Waals surface area contributed by atoms with Crippen molar-refractivity contribution in [1.29, 1.82) is 0 Å². The highest BCUT2D eigenvalue weighted by Gasteiger charge is 2.14. The monoisotopic (exact) mass is 428 g/mol. The summed E-state index contributed by atoms with van der Waals surface area (Å²) < 4.78 is 5.63. The summed E-state index contributed by atoms with van der Waals surface area (Å²) in [7, 11) is 0. The van der Waals surface area contributed by atoms with Gasteiger partial charge in [-0.05, 0) is 60.2 Å². The molecule has 0 saturated carbocycles. The molecule has 3 N–H and O–H groups in total. The Kier molecular flexibility index (Phi) is 9.44. The highest BCUT2D eigenvalue weighted by Crippen LogP contribution is 2.17. The molecule has 0 saturated heterocycles. The third-order valence-electron chi connectivity index (χ3n) is 4.02. The van der Waals surface area contributed by atoms with Gasteiger partial charge in [0.25, 0.3) is 11.8 Å². The molecule has 0 aromatic heterocycles. The number of hydrogen-bond acceptors (Lipinski definition) is 5. The van der Waals surface area contributed by atoms with Gasteiger partial charge < -0.3 is 20.5 Å². The molecule has 6 nitrogen and oxygen atoms in total. The maximum atomic E-state index is 12.7. The van der Waals surface area contributed by atoms with E-state index in [1.807, 2.05) is 30.5 Å². The van der Waals surface area contributed by atoms with E-state index in [-0.39, 0.29) is 18.8 Å². The summed E-state index contributed by atoms with van der Waals surface area (Å²) in [5.41, 5.74) is 1.29. The lowest BCUT2D eigenvalue weighted by atomic mass is 10.1. The van der Waals surface area contributed by atoms with E-state index in [0.29, 0.717) is 23.8 Å². The molecule has 0 unspecified atom stereocenters. The first kappa shape index (κ1) is 23.5. The van der Waals surface area contributed by atoms with E-state index in [9.17, 15) is 9.59 Å². The number of ether oxygens (including phenoxy) is 1. The second-order valence-corrected chi connectivity index (χ2v) is 7.87. The minimum Gasteiger partial charge on any atom is -0.493 e. The molecule has 2 aromatic rings. The van der Waals surface area contributed by atoms with Crippen LogP contribution in [0.3, 0.4) is 0 Å². The highest BCUT2D eigenvalue weighted by atomic mass is 32.2. The van der Waals surface area contributed by atoms with Crippen molar-refractivity contribution in [3.05, 3.63) is 65.4 Å². The van der Waals surface area contributed by atoms with Gasteiger partial charge in [0.1, 0.15) is 11.4 Å². The number of rotatable bonds is 10. The van der Waals surface area contributed by atoms with Crippen molar-refractivity contribution in [2.45, 2.75) is 18.7 Å². The summed E-state index contributed by atoms with van der Waals surface area (Å²) >= 11 is 1.62. The lowest BCUT2D eigenvalue weighted by Crippen LogP contribution is -2.36. The third kappa shape index (κ3) is 7.57. The molecule has 2 rings (SSSR count). The molecule has 7 heteroatoms. The first-order chi connectivity index (χ1) is 14.4. The molecular formula is C23H28N2O4S. The van der Waals surface area contributed by atoms with Crippen LogP contribution in [-0.4, -0.2) is 42.9 Å². The van der Waals surface area contributed by atoms with Gasteiger partial charge >= 0.3 is 0 Å². The largest absolute Gasteiger partial charge is 0.493 e. The third-order valence-corrected chi connectivity index (χ3v) is 4.76. The molecule has 0 radical (unpaired) electrons. The van der Waals surface area contributed by atoms with Crippen molar-refractivity contribution in [1.82, 2.24) is 10.6 Å². The topological polar surface area (TPSA) is 87.7 Å². The second-order valence-electron chi connectivity index (χ2n) is 6.99. The van der Waals surface area contributed by atoms with E-state index in [1.165, 1.54) is 0 Å². The Labute approximate surface area is 181 Å². The molecule has 0 aliphatic carbocycles. The van der Waals surface area contributed by atoms with Crippen molar-refractivity contribution in [3.63, 3.8) is 0 Å². The summed E-state index contributed by atoms with van der Waals surface area (Å²) in [6, 6.07) is 14.4. The molecule has 0 spiro atoms. The van der Waals surface area contributed by atoms with Gasteiger partial charge in [0.15, 0.2) is 0 Å². The van der Waals surface area contributed by atoms with Gasteiger partial charge in [0.05, 0.1) is 13.2 Å². The minimum atomic E-state index is -0.469. The molecule has 2 aromatic carbocycles. The standard InChI is InChI=1S/C23H28N2O4S/c1-16(2)15-29-19-8-6-18(7-9-19)22(27)25-21(23(28)24-12-13-26)14-17-4-10-20(30-3)11-5-17/h4-11,14,16,26H,12-13,15H2,1-3H3,(H,24,28)(H,25,27). The number of hydrogen-bond donors (Lipinski definition) is 3. The average Bonchev–Trinajstić information content (AvgIpc) is 2.76. The zero-order valence-electron chi connectivity index (χ0n) is 17.5. The fraction of sp³-hybridized carbons (Fsp3) is 0.304. The molecule has 0 fully saturated rings. The van der Waals surface area contributed by atoms with Crippen LogP contribution in [0.4, 0.5) is 0 Å². The number of amides is 2. The van der Waals surface area contributed by atoms with Crippen molar-refractivity contribution in [2.75, 3.05) is 26.0 Å². The van der Waals surface area contributed by atoms with Gasteiger partial charge in [-0.1, -0.05) is 26.0 Å². The zero-order chi connectivity index (χ0) is 21.9. The van der Waals surface area contributed by atoms with Crippen LogP contribution >= 0.6 is 11.8 Å². The van der Waals surface area contributed by atoms with Crippen LogP contribution in [0.15, 0.2) is 59.1 Å². The Balaban J connectivity index is 2.16. The maximum absolute atomic E-state index is 12.7. The van der Waals surface area contributed by atoms with E-state index in [2.05, 4.69) is 24.5 Å². The van der Waals surface area contributed by atoms with E-state index in [0.717, 1.165) is 10.5 Å². The Morgan fingerprint density at radius 1 is 1.10 bits per heavy atom. The first-order valence-electron chi connectivity index (χ1n) is 9.72. The zero-order valence-corrected chi connectivity index (χ0v) is 18.3. The van der Waals surface area contributed by atoms with Crippen molar-refractivity contribution in [2.24, 2.45) is 5.92 Å². The van der Waals surface area contributed by atoms with Crippen LogP contribution in [-0.2, 0) is 4.79 Å². The Hall–Kier alpha value is -2.77. The number of nitrogens with one attached hydrogen (secondary N) is 2. The Bertz CT molecular complexity index is 862. The molecule has 0 heterocycles. The number of carbonyl (C=O) groups excluding carboxylic acids is 2.